The van der Waals surface area contributed by atoms with Crippen molar-refractivity contribution in [1.29, 1.82) is 0 Å². The van der Waals surface area contributed by atoms with Gasteiger partial charge in [-0.25, -0.2) is 31.7 Å². The van der Waals surface area contributed by atoms with Crippen molar-refractivity contribution in [2.75, 3.05) is 0 Å². The van der Waals surface area contributed by atoms with Gasteiger partial charge >= 0.3 is 6.09 Å². The number of benzene rings is 1. The highest BCUT2D eigenvalue weighted by Crippen LogP contribution is 2.42. The molecule has 3 aromatic rings. The second-order valence-electron chi connectivity index (χ2n) is 7.58. The van der Waals surface area contributed by atoms with Gasteiger partial charge in [-0.05, 0) is 54.1 Å². The zero-order valence-electron chi connectivity index (χ0n) is 17.3. The third-order valence-electron chi connectivity index (χ3n) is 4.64. The summed E-state index contributed by atoms with van der Waals surface area (Å²) in [6.07, 6.45) is 1.67. The Morgan fingerprint density at radius 2 is 1.91 bits per heavy atom. The molecule has 0 aliphatic rings. The molecule has 0 unspecified atom stereocenters. The Morgan fingerprint density at radius 1 is 1.28 bits per heavy atom. The van der Waals surface area contributed by atoms with Crippen molar-refractivity contribution in [1.82, 2.24) is 14.3 Å². The molecule has 0 fully saturated rings. The highest BCUT2D eigenvalue weighted by atomic mass is 35.5. The molecule has 12 heteroatoms. The van der Waals surface area contributed by atoms with E-state index in [1.165, 1.54) is 15.5 Å². The maximum atomic E-state index is 15.2. The van der Waals surface area contributed by atoms with Crippen molar-refractivity contribution in [2.24, 2.45) is 5.92 Å². The molecule has 0 aliphatic heterocycles. The van der Waals surface area contributed by atoms with Crippen LogP contribution >= 0.6 is 22.9 Å². The highest BCUT2D eigenvalue weighted by molar-refractivity contribution is 7.92. The minimum atomic E-state index is -4.56. The Hall–Kier alpha value is -2.50. The Labute approximate surface area is 192 Å². The molecule has 0 saturated carbocycles. The fourth-order valence-electron chi connectivity index (χ4n) is 3.32. The highest BCUT2D eigenvalue weighted by Gasteiger charge is 2.31. The summed E-state index contributed by atoms with van der Waals surface area (Å²) in [6.45, 7) is 5.46. The summed E-state index contributed by atoms with van der Waals surface area (Å²) < 4.78 is 58.2. The van der Waals surface area contributed by atoms with Gasteiger partial charge in [0, 0.05) is 22.8 Å². The summed E-state index contributed by atoms with van der Waals surface area (Å²) in [7, 11) is -4.56. The van der Waals surface area contributed by atoms with Crippen LogP contribution in [0.5, 0.6) is 0 Å². The van der Waals surface area contributed by atoms with Crippen molar-refractivity contribution in [3.05, 3.63) is 57.4 Å². The first-order valence-electron chi connectivity index (χ1n) is 9.43. The number of hydrogen-bond acceptors (Lipinski definition) is 5. The number of imidazole rings is 1. The lowest BCUT2D eigenvalue weighted by Gasteiger charge is -2.12. The molecule has 0 bridgehead atoms. The van der Waals surface area contributed by atoms with Gasteiger partial charge < -0.3 is 9.67 Å². The molecule has 1 amide bonds. The van der Waals surface area contributed by atoms with Crippen molar-refractivity contribution < 1.29 is 27.1 Å². The van der Waals surface area contributed by atoms with Crippen LogP contribution in [0.3, 0.4) is 0 Å². The number of amides is 1. The van der Waals surface area contributed by atoms with Crippen molar-refractivity contribution >= 4 is 39.1 Å². The topological polar surface area (TPSA) is 101 Å². The van der Waals surface area contributed by atoms with Crippen molar-refractivity contribution in [3.63, 3.8) is 0 Å². The van der Waals surface area contributed by atoms with Gasteiger partial charge in [-0.15, -0.1) is 11.3 Å². The van der Waals surface area contributed by atoms with E-state index in [9.17, 15) is 13.2 Å². The zero-order chi connectivity index (χ0) is 23.8. The number of nitrogens with one attached hydrogen (secondary N) is 1. The number of carbonyl (C=O) groups is 1. The number of sulfonamides is 1. The Balaban J connectivity index is 2.18. The zero-order valence-corrected chi connectivity index (χ0v) is 19.7. The average molecular weight is 504 g/mol. The Morgan fingerprint density at radius 3 is 2.41 bits per heavy atom. The van der Waals surface area contributed by atoms with E-state index < -0.39 is 37.5 Å². The second kappa shape index (κ2) is 9.16. The minimum absolute atomic E-state index is 0.0555. The molecule has 0 aliphatic carbocycles. The van der Waals surface area contributed by atoms with Gasteiger partial charge in [-0.3, -0.25) is 0 Å². The van der Waals surface area contributed by atoms with Gasteiger partial charge in [-0.1, -0.05) is 13.8 Å². The predicted octanol–water partition coefficient (Wildman–Crippen LogP) is 5.05. The molecule has 172 valence electrons. The van der Waals surface area contributed by atoms with Gasteiger partial charge in [-0.2, -0.15) is 0 Å². The maximum Gasteiger partial charge on any atom is 0.418 e. The third-order valence-corrected chi connectivity index (χ3v) is 8.11. The van der Waals surface area contributed by atoms with E-state index in [0.717, 1.165) is 23.5 Å². The summed E-state index contributed by atoms with van der Waals surface area (Å²) in [5, 5.41) is 9.08. The summed E-state index contributed by atoms with van der Waals surface area (Å²) >= 11 is 6.73. The minimum Gasteiger partial charge on any atom is -0.464 e. The number of halogens is 3. The number of rotatable bonds is 7. The monoisotopic (exact) mass is 503 g/mol. The number of aromatic nitrogens is 2. The molecule has 1 aromatic carbocycles. The van der Waals surface area contributed by atoms with Crippen LogP contribution in [0.2, 0.25) is 5.28 Å². The first-order chi connectivity index (χ1) is 14.9. The van der Waals surface area contributed by atoms with Crippen LogP contribution < -0.4 is 4.72 Å². The second-order valence-corrected chi connectivity index (χ2v) is 10.9. The molecule has 3 rings (SSSR count). The van der Waals surface area contributed by atoms with Gasteiger partial charge in [0.15, 0.2) is 0 Å². The van der Waals surface area contributed by atoms with Crippen molar-refractivity contribution in [3.8, 4) is 11.1 Å². The summed E-state index contributed by atoms with van der Waals surface area (Å²) in [5.41, 5.74) is -0.0636. The number of hydrogen-bond donors (Lipinski definition) is 2. The van der Waals surface area contributed by atoms with E-state index >= 15 is 8.78 Å². The molecule has 0 saturated heterocycles. The van der Waals surface area contributed by atoms with Gasteiger partial charge in [0.1, 0.15) is 15.8 Å². The largest absolute Gasteiger partial charge is 0.464 e. The standard InChI is InChI=1S/C20H20ClF2N3O4S2/c1-10(2)6-15-11(3)16(18(31-15)32(29,30)25-20(27)28)17-13(22)7-12(8-14(17)23)9-26-5-4-24-19(26)21/h4-5,7-8,10,25H,6,9H2,1-3H3,(H,27,28). The van der Waals surface area contributed by atoms with Gasteiger partial charge in [0.25, 0.3) is 10.0 Å². The quantitative estimate of drug-likeness (QED) is 0.469. The fourth-order valence-corrected chi connectivity index (χ4v) is 6.46. The van der Waals surface area contributed by atoms with Gasteiger partial charge in [0.05, 0.1) is 12.1 Å². The molecular weight excluding hydrogens is 484 g/mol. The molecule has 2 N–H and O–H groups in total. The first kappa shape index (κ1) is 24.1. The Kier molecular flexibility index (Phi) is 6.91. The fraction of sp³-hybridized carbons (Fsp3) is 0.300. The number of nitrogens with zero attached hydrogens (tertiary/aromatic N) is 2. The summed E-state index contributed by atoms with van der Waals surface area (Å²) in [4.78, 5) is 15.5. The first-order valence-corrected chi connectivity index (χ1v) is 12.1. The smallest absolute Gasteiger partial charge is 0.418 e. The van der Waals surface area contributed by atoms with E-state index in [2.05, 4.69) is 4.98 Å². The summed E-state index contributed by atoms with van der Waals surface area (Å²) in [5.74, 6) is -1.81. The molecule has 0 spiro atoms. The van der Waals surface area contributed by atoms with Crippen LogP contribution in [0.4, 0.5) is 13.6 Å². The lowest BCUT2D eigenvalue weighted by atomic mass is 9.98. The van der Waals surface area contributed by atoms with E-state index in [0.29, 0.717) is 16.9 Å². The maximum absolute atomic E-state index is 15.2. The van der Waals surface area contributed by atoms with Crippen LogP contribution in [0, 0.1) is 24.5 Å². The number of carboxylic acid groups (broad SMARTS) is 1. The normalized spacial score (nSPS) is 11.8. The van der Waals surface area contributed by atoms with Crippen LogP contribution in [-0.2, 0) is 23.0 Å². The van der Waals surface area contributed by atoms with Crippen molar-refractivity contribution in [2.45, 2.75) is 37.9 Å². The van der Waals surface area contributed by atoms with Crippen LogP contribution in [0.1, 0.15) is 29.9 Å². The van der Waals surface area contributed by atoms with Crippen LogP contribution in [0.15, 0.2) is 28.7 Å². The number of thiophene rings is 1. The third kappa shape index (κ3) is 4.94. The van der Waals surface area contributed by atoms with Gasteiger partial charge in [0.2, 0.25) is 5.28 Å². The molecule has 2 heterocycles. The van der Waals surface area contributed by atoms with E-state index in [1.807, 2.05) is 13.8 Å². The van der Waals surface area contributed by atoms with E-state index in [-0.39, 0.29) is 28.9 Å². The van der Waals surface area contributed by atoms with Crippen LogP contribution in [0.25, 0.3) is 11.1 Å². The molecule has 7 nitrogen and oxygen atoms in total. The molecular formula is C20H20ClF2N3O4S2. The lowest BCUT2D eigenvalue weighted by molar-refractivity contribution is 0.201. The van der Waals surface area contributed by atoms with E-state index in [1.54, 1.807) is 13.1 Å². The molecule has 32 heavy (non-hydrogen) atoms. The lowest BCUT2D eigenvalue weighted by Crippen LogP contribution is -2.28. The Bertz CT molecular complexity index is 1260. The average Bonchev–Trinajstić information content (AvgIpc) is 3.18. The SMILES string of the molecule is Cc1c(CC(C)C)sc(S(=O)(=O)NC(=O)O)c1-c1c(F)cc(Cn2ccnc2Cl)cc1F. The molecule has 0 atom stereocenters. The van der Waals surface area contributed by atoms with E-state index in [4.69, 9.17) is 16.7 Å². The molecule has 2 aromatic heterocycles. The molecule has 0 radical (unpaired) electrons. The van der Waals surface area contributed by atoms with Crippen LogP contribution in [-0.4, -0.2) is 29.2 Å². The summed E-state index contributed by atoms with van der Waals surface area (Å²) in [6, 6.07) is 2.18. The predicted molar refractivity (Wildman–Crippen MR) is 118 cm³/mol.